The highest BCUT2D eigenvalue weighted by atomic mass is 16.5. The maximum Gasteiger partial charge on any atom is 0.310 e. The Labute approximate surface area is 121 Å². The van der Waals surface area contributed by atoms with Crippen LogP contribution in [0.15, 0.2) is 34.9 Å². The van der Waals surface area contributed by atoms with Crippen molar-refractivity contribution in [1.82, 2.24) is 5.16 Å². The van der Waals surface area contributed by atoms with Crippen molar-refractivity contribution in [2.24, 2.45) is 0 Å². The van der Waals surface area contributed by atoms with Crippen LogP contribution in [0.5, 0.6) is 0 Å². The quantitative estimate of drug-likeness (QED) is 0.881. The lowest BCUT2D eigenvalue weighted by atomic mass is 10.0. The van der Waals surface area contributed by atoms with Crippen molar-refractivity contribution >= 4 is 17.6 Å². The third-order valence-corrected chi connectivity index (χ3v) is 3.06. The molecule has 0 aliphatic heterocycles. The first-order valence-electron chi connectivity index (χ1n) is 6.50. The van der Waals surface area contributed by atoms with E-state index < -0.39 is 11.9 Å². The summed E-state index contributed by atoms with van der Waals surface area (Å²) in [5.41, 5.74) is 1.75. The minimum absolute atomic E-state index is 0.107. The molecule has 0 fully saturated rings. The summed E-state index contributed by atoms with van der Waals surface area (Å²) >= 11 is 0. The number of amides is 1. The smallest absolute Gasteiger partial charge is 0.310 e. The number of nitrogens with zero attached hydrogens (tertiary/aromatic N) is 1. The van der Waals surface area contributed by atoms with Gasteiger partial charge in [-0.05, 0) is 31.5 Å². The van der Waals surface area contributed by atoms with Gasteiger partial charge in [0.15, 0.2) is 0 Å². The molecule has 21 heavy (non-hydrogen) atoms. The Balaban J connectivity index is 2.04. The summed E-state index contributed by atoms with van der Waals surface area (Å²) in [5, 5.41) is 15.5. The molecule has 1 unspecified atom stereocenters. The fourth-order valence-corrected chi connectivity index (χ4v) is 1.90. The van der Waals surface area contributed by atoms with Crippen LogP contribution in [0, 0.1) is 6.92 Å². The number of nitrogens with one attached hydrogen (secondary N) is 1. The molecule has 0 saturated heterocycles. The second kappa shape index (κ2) is 6.21. The van der Waals surface area contributed by atoms with Crippen LogP contribution in [-0.2, 0) is 16.0 Å². The molecule has 1 aromatic heterocycles. The molecule has 0 saturated carbocycles. The molecule has 6 nitrogen and oxygen atoms in total. The van der Waals surface area contributed by atoms with Crippen LogP contribution in [0.4, 0.5) is 5.69 Å². The predicted molar refractivity (Wildman–Crippen MR) is 76.1 cm³/mol. The number of aliphatic carboxylic acids is 1. The number of benzene rings is 1. The van der Waals surface area contributed by atoms with Gasteiger partial charge in [0.25, 0.3) is 0 Å². The first kappa shape index (κ1) is 14.8. The average molecular weight is 288 g/mol. The number of carbonyl (C=O) groups is 2. The van der Waals surface area contributed by atoms with E-state index in [1.54, 1.807) is 44.2 Å². The molecule has 2 rings (SSSR count). The largest absolute Gasteiger partial charge is 0.481 e. The van der Waals surface area contributed by atoms with Crippen LogP contribution in [0.3, 0.4) is 0 Å². The molecule has 0 spiro atoms. The summed E-state index contributed by atoms with van der Waals surface area (Å²) in [4.78, 5) is 22.9. The number of carboxylic acid groups (broad SMARTS) is 1. The fraction of sp³-hybridized carbons (Fsp3) is 0.267. The Morgan fingerprint density at radius 1 is 1.38 bits per heavy atom. The summed E-state index contributed by atoms with van der Waals surface area (Å²) in [6.45, 7) is 3.35. The molecule has 1 amide bonds. The van der Waals surface area contributed by atoms with Gasteiger partial charge >= 0.3 is 5.97 Å². The monoisotopic (exact) mass is 288 g/mol. The van der Waals surface area contributed by atoms with E-state index in [-0.39, 0.29) is 12.3 Å². The molecule has 2 aromatic rings. The lowest BCUT2D eigenvalue weighted by molar-refractivity contribution is -0.138. The summed E-state index contributed by atoms with van der Waals surface area (Å²) in [6.07, 6.45) is 0.107. The molecule has 0 bridgehead atoms. The topological polar surface area (TPSA) is 92.4 Å². The number of aryl methyl sites for hydroxylation is 1. The molecule has 0 aliphatic rings. The Morgan fingerprint density at radius 2 is 2.14 bits per heavy atom. The zero-order chi connectivity index (χ0) is 15.4. The van der Waals surface area contributed by atoms with Gasteiger partial charge in [0.05, 0.1) is 18.0 Å². The van der Waals surface area contributed by atoms with E-state index in [0.717, 1.165) is 0 Å². The molecule has 2 N–H and O–H groups in total. The molecule has 6 heteroatoms. The molecule has 0 aliphatic carbocycles. The number of hydrogen-bond acceptors (Lipinski definition) is 4. The Bertz CT molecular complexity index is 663. The van der Waals surface area contributed by atoms with E-state index >= 15 is 0 Å². The van der Waals surface area contributed by atoms with E-state index in [1.165, 1.54) is 0 Å². The number of aromatic nitrogens is 1. The van der Waals surface area contributed by atoms with Crippen LogP contribution < -0.4 is 5.32 Å². The molecule has 110 valence electrons. The number of anilines is 1. The van der Waals surface area contributed by atoms with E-state index in [4.69, 9.17) is 9.63 Å². The second-order valence-electron chi connectivity index (χ2n) is 4.84. The van der Waals surface area contributed by atoms with Crippen LogP contribution >= 0.6 is 0 Å². The number of carbonyl (C=O) groups excluding carboxylic acids is 1. The van der Waals surface area contributed by atoms with Crippen LogP contribution in [0.2, 0.25) is 0 Å². The highest BCUT2D eigenvalue weighted by molar-refractivity contribution is 5.92. The third-order valence-electron chi connectivity index (χ3n) is 3.06. The number of carboxylic acids is 1. The Kier molecular flexibility index (Phi) is 4.37. The van der Waals surface area contributed by atoms with Gasteiger partial charge in [0, 0.05) is 11.8 Å². The van der Waals surface area contributed by atoms with Gasteiger partial charge in [0.1, 0.15) is 5.76 Å². The maximum atomic E-state index is 11.9. The van der Waals surface area contributed by atoms with Gasteiger partial charge in [-0.3, -0.25) is 9.59 Å². The van der Waals surface area contributed by atoms with Crippen LogP contribution in [0.25, 0.3) is 0 Å². The highest BCUT2D eigenvalue weighted by Crippen LogP contribution is 2.19. The summed E-state index contributed by atoms with van der Waals surface area (Å²) in [5.74, 6) is -1.12. The standard InChI is InChI=1S/C15H16N2O4/c1-9-6-13(17-21-9)8-14(18)16-12-5-3-4-11(7-12)10(2)15(19)20/h3-7,10H,8H2,1-2H3,(H,16,18)(H,19,20). The molecular formula is C15H16N2O4. The minimum Gasteiger partial charge on any atom is -0.481 e. The van der Waals surface area contributed by atoms with Crippen molar-refractivity contribution in [3.8, 4) is 0 Å². The fourth-order valence-electron chi connectivity index (χ4n) is 1.90. The summed E-state index contributed by atoms with van der Waals surface area (Å²) in [7, 11) is 0. The van der Waals surface area contributed by atoms with E-state index in [2.05, 4.69) is 10.5 Å². The number of rotatable bonds is 5. The van der Waals surface area contributed by atoms with Gasteiger partial charge < -0.3 is 14.9 Å². The molecule has 1 heterocycles. The van der Waals surface area contributed by atoms with Crippen molar-refractivity contribution in [2.75, 3.05) is 5.32 Å². The van der Waals surface area contributed by atoms with Crippen molar-refractivity contribution in [3.05, 3.63) is 47.3 Å². The Morgan fingerprint density at radius 3 is 2.76 bits per heavy atom. The van der Waals surface area contributed by atoms with Crippen molar-refractivity contribution in [3.63, 3.8) is 0 Å². The molecule has 1 aromatic carbocycles. The van der Waals surface area contributed by atoms with E-state index in [1.807, 2.05) is 0 Å². The van der Waals surface area contributed by atoms with Gasteiger partial charge in [0.2, 0.25) is 5.91 Å². The van der Waals surface area contributed by atoms with Crippen LogP contribution in [-0.4, -0.2) is 22.1 Å². The third kappa shape index (κ3) is 3.92. The van der Waals surface area contributed by atoms with E-state index in [9.17, 15) is 9.59 Å². The first-order valence-corrected chi connectivity index (χ1v) is 6.50. The zero-order valence-corrected chi connectivity index (χ0v) is 11.8. The predicted octanol–water partition coefficient (Wildman–Crippen LogP) is 2.35. The van der Waals surface area contributed by atoms with Crippen molar-refractivity contribution in [2.45, 2.75) is 26.2 Å². The van der Waals surface area contributed by atoms with Crippen molar-refractivity contribution < 1.29 is 19.2 Å². The first-order chi connectivity index (χ1) is 9.95. The lowest BCUT2D eigenvalue weighted by Crippen LogP contribution is -2.15. The summed E-state index contributed by atoms with van der Waals surface area (Å²) in [6, 6.07) is 8.50. The minimum atomic E-state index is -0.906. The molecule has 1 atom stereocenters. The normalized spacial score (nSPS) is 11.9. The summed E-state index contributed by atoms with van der Waals surface area (Å²) < 4.78 is 4.90. The Hall–Kier alpha value is -2.63. The van der Waals surface area contributed by atoms with Crippen molar-refractivity contribution in [1.29, 1.82) is 0 Å². The lowest BCUT2D eigenvalue weighted by Gasteiger charge is -2.09. The number of hydrogen-bond donors (Lipinski definition) is 2. The highest BCUT2D eigenvalue weighted by Gasteiger charge is 2.14. The van der Waals surface area contributed by atoms with Gasteiger partial charge in [-0.2, -0.15) is 0 Å². The van der Waals surface area contributed by atoms with Gasteiger partial charge in [-0.25, -0.2) is 0 Å². The second-order valence-corrected chi connectivity index (χ2v) is 4.84. The van der Waals surface area contributed by atoms with Gasteiger partial charge in [-0.15, -0.1) is 0 Å². The average Bonchev–Trinajstić information content (AvgIpc) is 2.83. The van der Waals surface area contributed by atoms with E-state index in [0.29, 0.717) is 22.7 Å². The molecular weight excluding hydrogens is 272 g/mol. The SMILES string of the molecule is Cc1cc(CC(=O)Nc2cccc(C(C)C(=O)O)c2)no1. The van der Waals surface area contributed by atoms with Gasteiger partial charge in [-0.1, -0.05) is 17.3 Å². The zero-order valence-electron chi connectivity index (χ0n) is 11.8. The van der Waals surface area contributed by atoms with Crippen LogP contribution in [0.1, 0.15) is 29.9 Å². The maximum absolute atomic E-state index is 11.9. The molecule has 0 radical (unpaired) electrons.